The molecule has 0 aliphatic rings. The third kappa shape index (κ3) is 2.27. The monoisotopic (exact) mass is 238 g/mol. The molecule has 2 aromatic heterocycles. The van der Waals surface area contributed by atoms with Crippen LogP contribution in [0.5, 0.6) is 0 Å². The normalized spacial score (nSPS) is 10.6. The molecule has 0 amide bonds. The molecule has 0 fully saturated rings. The highest BCUT2D eigenvalue weighted by Crippen LogP contribution is 2.24. The second-order valence-corrected chi connectivity index (χ2v) is 4.12. The van der Waals surface area contributed by atoms with Crippen LogP contribution in [0.15, 0.2) is 15.3 Å². The largest absolute Gasteiger partial charge is 0.481 e. The molecule has 0 bridgehead atoms. The Balaban J connectivity index is 2.14. The van der Waals surface area contributed by atoms with Gasteiger partial charge < -0.3 is 9.63 Å². The third-order valence-corrected chi connectivity index (χ3v) is 2.98. The zero-order chi connectivity index (χ0) is 11.5. The maximum Gasteiger partial charge on any atom is 0.303 e. The van der Waals surface area contributed by atoms with Crippen molar-refractivity contribution in [1.82, 2.24) is 10.1 Å². The number of carboxylic acids is 1. The number of aromatic nitrogens is 2. The van der Waals surface area contributed by atoms with E-state index in [1.807, 2.05) is 17.7 Å². The first-order valence-electron chi connectivity index (χ1n) is 4.74. The number of aryl methyl sites for hydroxylation is 2. The van der Waals surface area contributed by atoms with Gasteiger partial charge in [0.2, 0.25) is 11.7 Å². The van der Waals surface area contributed by atoms with Crippen LogP contribution < -0.4 is 0 Å². The highest BCUT2D eigenvalue weighted by molar-refractivity contribution is 7.08. The Labute approximate surface area is 95.7 Å². The number of hydrogen-bond donors (Lipinski definition) is 1. The topological polar surface area (TPSA) is 76.2 Å². The van der Waals surface area contributed by atoms with Crippen LogP contribution in [0.25, 0.3) is 11.4 Å². The van der Waals surface area contributed by atoms with Gasteiger partial charge in [-0.3, -0.25) is 4.79 Å². The van der Waals surface area contributed by atoms with Crippen LogP contribution in [0, 0.1) is 6.92 Å². The van der Waals surface area contributed by atoms with Gasteiger partial charge in [-0.25, -0.2) is 0 Å². The molecule has 0 atom stereocenters. The number of nitrogens with zero attached hydrogens (tertiary/aromatic N) is 2. The first-order valence-corrected chi connectivity index (χ1v) is 5.68. The van der Waals surface area contributed by atoms with E-state index in [0.717, 1.165) is 11.1 Å². The molecule has 84 valence electrons. The first kappa shape index (κ1) is 10.8. The fourth-order valence-electron chi connectivity index (χ4n) is 1.27. The highest BCUT2D eigenvalue weighted by Gasteiger charge is 2.12. The van der Waals surface area contributed by atoms with E-state index in [2.05, 4.69) is 10.1 Å². The first-order chi connectivity index (χ1) is 7.66. The molecule has 0 unspecified atom stereocenters. The van der Waals surface area contributed by atoms with E-state index >= 15 is 0 Å². The lowest BCUT2D eigenvalue weighted by atomic mass is 10.2. The molecule has 2 rings (SSSR count). The lowest BCUT2D eigenvalue weighted by Crippen LogP contribution is -1.97. The zero-order valence-corrected chi connectivity index (χ0v) is 9.45. The van der Waals surface area contributed by atoms with E-state index < -0.39 is 5.97 Å². The molecule has 1 N–H and O–H groups in total. The van der Waals surface area contributed by atoms with Crippen molar-refractivity contribution in [3.05, 3.63) is 22.2 Å². The minimum Gasteiger partial charge on any atom is -0.481 e. The highest BCUT2D eigenvalue weighted by atomic mass is 32.1. The average Bonchev–Trinajstić information content (AvgIpc) is 2.83. The van der Waals surface area contributed by atoms with Crippen molar-refractivity contribution in [2.24, 2.45) is 0 Å². The summed E-state index contributed by atoms with van der Waals surface area (Å²) in [6.07, 6.45) is 0.274. The smallest absolute Gasteiger partial charge is 0.303 e. The van der Waals surface area contributed by atoms with E-state index in [-0.39, 0.29) is 12.8 Å². The van der Waals surface area contributed by atoms with Gasteiger partial charge in [-0.1, -0.05) is 5.16 Å². The maximum atomic E-state index is 10.4. The van der Waals surface area contributed by atoms with E-state index in [4.69, 9.17) is 9.63 Å². The zero-order valence-electron chi connectivity index (χ0n) is 8.64. The summed E-state index contributed by atoms with van der Waals surface area (Å²) in [6, 6.07) is 0. The Morgan fingerprint density at radius 3 is 3.00 bits per heavy atom. The van der Waals surface area contributed by atoms with Gasteiger partial charge in [-0.2, -0.15) is 16.3 Å². The number of rotatable bonds is 4. The molecule has 0 aromatic carbocycles. The molecule has 0 aliphatic carbocycles. The fraction of sp³-hybridized carbons (Fsp3) is 0.300. The van der Waals surface area contributed by atoms with Gasteiger partial charge in [0.1, 0.15) is 0 Å². The molecule has 5 nitrogen and oxygen atoms in total. The summed E-state index contributed by atoms with van der Waals surface area (Å²) < 4.78 is 4.97. The summed E-state index contributed by atoms with van der Waals surface area (Å²) in [4.78, 5) is 14.5. The van der Waals surface area contributed by atoms with Crippen molar-refractivity contribution < 1.29 is 14.4 Å². The predicted molar refractivity (Wildman–Crippen MR) is 58.3 cm³/mol. The Morgan fingerprint density at radius 1 is 1.56 bits per heavy atom. The molecule has 0 aliphatic heterocycles. The Bertz CT molecular complexity index is 504. The van der Waals surface area contributed by atoms with Crippen LogP contribution in [-0.4, -0.2) is 21.2 Å². The second kappa shape index (κ2) is 4.44. The number of aliphatic carboxylic acids is 1. The summed E-state index contributed by atoms with van der Waals surface area (Å²) in [6.45, 7) is 1.97. The number of thiophene rings is 1. The Hall–Kier alpha value is -1.69. The van der Waals surface area contributed by atoms with Gasteiger partial charge in [0.05, 0.1) is 6.42 Å². The van der Waals surface area contributed by atoms with Crippen molar-refractivity contribution in [2.45, 2.75) is 19.8 Å². The van der Waals surface area contributed by atoms with Crippen molar-refractivity contribution in [1.29, 1.82) is 0 Å². The Morgan fingerprint density at radius 2 is 2.38 bits per heavy atom. The predicted octanol–water partition coefficient (Wildman–Crippen LogP) is 2.12. The van der Waals surface area contributed by atoms with Crippen molar-refractivity contribution >= 4 is 17.3 Å². The lowest BCUT2D eigenvalue weighted by molar-refractivity contribution is -0.137. The second-order valence-electron chi connectivity index (χ2n) is 3.37. The minimum absolute atomic E-state index is 0.00422. The van der Waals surface area contributed by atoms with E-state index in [9.17, 15) is 4.79 Å². The fourth-order valence-corrected chi connectivity index (χ4v) is 2.10. The molecule has 2 heterocycles. The molecular weight excluding hydrogens is 228 g/mol. The molecule has 0 saturated carbocycles. The number of carboxylic acid groups (broad SMARTS) is 1. The van der Waals surface area contributed by atoms with Crippen LogP contribution in [-0.2, 0) is 11.2 Å². The molecule has 0 saturated heterocycles. The molecular formula is C10H10N2O3S. The average molecular weight is 238 g/mol. The van der Waals surface area contributed by atoms with Crippen LogP contribution in [0.4, 0.5) is 0 Å². The molecule has 0 spiro atoms. The molecule has 2 aromatic rings. The SMILES string of the molecule is Cc1cscc1-c1noc(CCC(=O)O)n1. The summed E-state index contributed by atoms with van der Waals surface area (Å²) in [5, 5.41) is 16.3. The van der Waals surface area contributed by atoms with Gasteiger partial charge in [0, 0.05) is 17.4 Å². The van der Waals surface area contributed by atoms with E-state index in [1.165, 1.54) is 0 Å². The van der Waals surface area contributed by atoms with Gasteiger partial charge in [0.25, 0.3) is 0 Å². The van der Waals surface area contributed by atoms with Crippen molar-refractivity contribution in [3.8, 4) is 11.4 Å². The summed E-state index contributed by atoms with van der Waals surface area (Å²) in [7, 11) is 0. The van der Waals surface area contributed by atoms with Crippen LogP contribution in [0.1, 0.15) is 17.9 Å². The lowest BCUT2D eigenvalue weighted by Gasteiger charge is -1.89. The summed E-state index contributed by atoms with van der Waals surface area (Å²) in [5.41, 5.74) is 2.03. The van der Waals surface area contributed by atoms with Gasteiger partial charge >= 0.3 is 5.97 Å². The standard InChI is InChI=1S/C10H10N2O3S/c1-6-4-16-5-7(6)10-11-8(15-12-10)2-3-9(13)14/h4-5H,2-3H2,1H3,(H,13,14). The quantitative estimate of drug-likeness (QED) is 0.882. The maximum absolute atomic E-state index is 10.4. The van der Waals surface area contributed by atoms with Gasteiger partial charge in [-0.05, 0) is 17.9 Å². The van der Waals surface area contributed by atoms with E-state index in [1.54, 1.807) is 11.3 Å². The minimum atomic E-state index is -0.869. The molecule has 6 heteroatoms. The van der Waals surface area contributed by atoms with Crippen LogP contribution in [0.3, 0.4) is 0 Å². The van der Waals surface area contributed by atoms with Crippen LogP contribution in [0.2, 0.25) is 0 Å². The molecule has 16 heavy (non-hydrogen) atoms. The summed E-state index contributed by atoms with van der Waals surface area (Å²) >= 11 is 1.57. The van der Waals surface area contributed by atoms with Crippen molar-refractivity contribution in [3.63, 3.8) is 0 Å². The van der Waals surface area contributed by atoms with Crippen LogP contribution >= 0.6 is 11.3 Å². The van der Waals surface area contributed by atoms with Crippen molar-refractivity contribution in [2.75, 3.05) is 0 Å². The summed E-state index contributed by atoms with van der Waals surface area (Å²) in [5.74, 6) is 0.0219. The van der Waals surface area contributed by atoms with Gasteiger partial charge in [0.15, 0.2) is 0 Å². The Kier molecular flexibility index (Phi) is 3.00. The van der Waals surface area contributed by atoms with Gasteiger partial charge in [-0.15, -0.1) is 0 Å². The molecule has 0 radical (unpaired) electrons. The number of hydrogen-bond acceptors (Lipinski definition) is 5. The van der Waals surface area contributed by atoms with E-state index in [0.29, 0.717) is 11.7 Å². The third-order valence-electron chi connectivity index (χ3n) is 2.12. The number of carbonyl (C=O) groups is 1.